The number of nitrogens with one attached hydrogen (secondary N) is 1. The first-order valence-electron chi connectivity index (χ1n) is 5.86. The van der Waals surface area contributed by atoms with Crippen LogP contribution in [0.15, 0.2) is 24.3 Å². The molecule has 1 aromatic rings. The summed E-state index contributed by atoms with van der Waals surface area (Å²) >= 11 is 5.85. The topological polar surface area (TPSA) is 32.3 Å². The largest absolute Gasteiger partial charge is 0.384 e. The summed E-state index contributed by atoms with van der Waals surface area (Å²) < 4.78 is 0. The maximum atomic E-state index is 10.6. The second-order valence-electron chi connectivity index (χ2n) is 4.55. The number of hydrogen-bond acceptors (Lipinski definition) is 2. The van der Waals surface area contributed by atoms with Gasteiger partial charge in [-0.15, -0.1) is 0 Å². The van der Waals surface area contributed by atoms with Gasteiger partial charge in [-0.2, -0.15) is 0 Å². The highest BCUT2D eigenvalue weighted by atomic mass is 35.5. The monoisotopic (exact) mass is 239 g/mol. The van der Waals surface area contributed by atoms with Crippen LogP contribution in [0, 0.1) is 0 Å². The molecule has 0 aliphatic heterocycles. The van der Waals surface area contributed by atoms with Gasteiger partial charge in [0.2, 0.25) is 0 Å². The normalized spacial score (nSPS) is 19.4. The van der Waals surface area contributed by atoms with Crippen molar-refractivity contribution < 1.29 is 5.11 Å². The van der Waals surface area contributed by atoms with Gasteiger partial charge in [-0.25, -0.2) is 0 Å². The molecular weight excluding hydrogens is 222 g/mol. The van der Waals surface area contributed by atoms with E-state index in [9.17, 15) is 5.11 Å². The molecule has 88 valence electrons. The fraction of sp³-hybridized carbons (Fsp3) is 0.538. The van der Waals surface area contributed by atoms with E-state index in [4.69, 9.17) is 11.6 Å². The number of rotatable bonds is 5. The molecular formula is C13H18ClNO. The van der Waals surface area contributed by atoms with E-state index >= 15 is 0 Å². The van der Waals surface area contributed by atoms with Crippen LogP contribution in [0.5, 0.6) is 0 Å². The molecule has 1 saturated carbocycles. The third-order valence-electron chi connectivity index (χ3n) is 3.23. The molecule has 2 nitrogen and oxygen atoms in total. The summed E-state index contributed by atoms with van der Waals surface area (Å²) in [6.07, 6.45) is 3.18. The van der Waals surface area contributed by atoms with Crippen LogP contribution in [-0.2, 0) is 5.60 Å². The Morgan fingerprint density at radius 1 is 1.38 bits per heavy atom. The van der Waals surface area contributed by atoms with Crippen LogP contribution in [0.4, 0.5) is 0 Å². The molecule has 2 N–H and O–H groups in total. The quantitative estimate of drug-likeness (QED) is 0.828. The molecule has 1 fully saturated rings. The molecule has 0 saturated heterocycles. The van der Waals surface area contributed by atoms with Crippen molar-refractivity contribution in [3.05, 3.63) is 34.9 Å². The smallest absolute Gasteiger partial charge is 0.102 e. The fourth-order valence-corrected chi connectivity index (χ4v) is 1.92. The van der Waals surface area contributed by atoms with Crippen LogP contribution in [0.25, 0.3) is 0 Å². The zero-order chi connectivity index (χ0) is 11.6. The van der Waals surface area contributed by atoms with Gasteiger partial charge in [-0.1, -0.05) is 30.7 Å². The van der Waals surface area contributed by atoms with Crippen molar-refractivity contribution in [1.29, 1.82) is 0 Å². The molecule has 1 aliphatic rings. The zero-order valence-corrected chi connectivity index (χ0v) is 10.3. The summed E-state index contributed by atoms with van der Waals surface area (Å²) in [5.74, 6) is 0. The lowest BCUT2D eigenvalue weighted by Gasteiger charge is -2.28. The average Bonchev–Trinajstić information content (AvgIpc) is 3.11. The van der Waals surface area contributed by atoms with Gasteiger partial charge in [0.1, 0.15) is 5.60 Å². The van der Waals surface area contributed by atoms with Gasteiger partial charge in [0.05, 0.1) is 0 Å². The first-order chi connectivity index (χ1) is 7.64. The lowest BCUT2D eigenvalue weighted by Crippen LogP contribution is -2.38. The molecule has 1 unspecified atom stereocenters. The first kappa shape index (κ1) is 11.9. The van der Waals surface area contributed by atoms with Gasteiger partial charge in [-0.3, -0.25) is 0 Å². The molecule has 0 bridgehead atoms. The van der Waals surface area contributed by atoms with E-state index in [0.29, 0.717) is 24.0 Å². The Morgan fingerprint density at radius 2 is 2.00 bits per heavy atom. The van der Waals surface area contributed by atoms with Crippen molar-refractivity contribution in [2.75, 3.05) is 6.54 Å². The third-order valence-corrected chi connectivity index (χ3v) is 3.48. The Labute approximate surface area is 102 Å². The number of hydrogen-bond donors (Lipinski definition) is 2. The minimum absolute atomic E-state index is 0.616. The zero-order valence-electron chi connectivity index (χ0n) is 9.54. The maximum Gasteiger partial charge on any atom is 0.102 e. The van der Waals surface area contributed by atoms with Gasteiger partial charge in [0.15, 0.2) is 0 Å². The van der Waals surface area contributed by atoms with Gasteiger partial charge >= 0.3 is 0 Å². The lowest BCUT2D eigenvalue weighted by atomic mass is 9.91. The molecule has 16 heavy (non-hydrogen) atoms. The van der Waals surface area contributed by atoms with Crippen molar-refractivity contribution in [2.45, 2.75) is 37.8 Å². The summed E-state index contributed by atoms with van der Waals surface area (Å²) in [4.78, 5) is 0. The molecule has 1 atom stereocenters. The molecule has 0 spiro atoms. The summed E-state index contributed by atoms with van der Waals surface area (Å²) in [6.45, 7) is 2.62. The maximum absolute atomic E-state index is 10.6. The van der Waals surface area contributed by atoms with E-state index in [2.05, 4.69) is 5.32 Å². The van der Waals surface area contributed by atoms with Crippen molar-refractivity contribution in [3.63, 3.8) is 0 Å². The first-order valence-corrected chi connectivity index (χ1v) is 6.23. The van der Waals surface area contributed by atoms with Crippen LogP contribution in [0.2, 0.25) is 5.02 Å². The second kappa shape index (κ2) is 4.74. The van der Waals surface area contributed by atoms with Gasteiger partial charge in [0.25, 0.3) is 0 Å². The fourth-order valence-electron chi connectivity index (χ4n) is 1.79. The average molecular weight is 240 g/mol. The standard InChI is InChI=1S/C13H18ClNO/c1-2-13(16,9-15-12-7-8-12)10-3-5-11(14)6-4-10/h3-6,12,15-16H,2,7-9H2,1H3. The highest BCUT2D eigenvalue weighted by Crippen LogP contribution is 2.27. The summed E-state index contributed by atoms with van der Waals surface area (Å²) in [7, 11) is 0. The Morgan fingerprint density at radius 3 is 2.50 bits per heavy atom. The molecule has 0 amide bonds. The Hall–Kier alpha value is -0.570. The van der Waals surface area contributed by atoms with Gasteiger partial charge in [-0.05, 0) is 37.0 Å². The Kier molecular flexibility index (Phi) is 3.53. The van der Waals surface area contributed by atoms with Crippen LogP contribution < -0.4 is 5.32 Å². The summed E-state index contributed by atoms with van der Waals surface area (Å²) in [5, 5.41) is 14.6. The predicted molar refractivity (Wildman–Crippen MR) is 66.7 cm³/mol. The minimum Gasteiger partial charge on any atom is -0.384 e. The molecule has 3 heteroatoms. The predicted octanol–water partition coefficient (Wildman–Crippen LogP) is 2.69. The van der Waals surface area contributed by atoms with E-state index in [1.54, 1.807) is 0 Å². The molecule has 1 aliphatic carbocycles. The minimum atomic E-state index is -0.771. The number of benzene rings is 1. The molecule has 0 heterocycles. The molecule has 0 aromatic heterocycles. The molecule has 1 aromatic carbocycles. The van der Waals surface area contributed by atoms with Crippen LogP contribution in [-0.4, -0.2) is 17.7 Å². The molecule has 0 radical (unpaired) electrons. The lowest BCUT2D eigenvalue weighted by molar-refractivity contribution is 0.0323. The van der Waals surface area contributed by atoms with E-state index in [1.165, 1.54) is 12.8 Å². The van der Waals surface area contributed by atoms with E-state index < -0.39 is 5.60 Å². The van der Waals surface area contributed by atoms with Crippen molar-refractivity contribution in [1.82, 2.24) is 5.32 Å². The third kappa shape index (κ3) is 2.76. The highest BCUT2D eigenvalue weighted by molar-refractivity contribution is 6.30. The Bertz CT molecular complexity index is 347. The van der Waals surface area contributed by atoms with Gasteiger partial charge < -0.3 is 10.4 Å². The highest BCUT2D eigenvalue weighted by Gasteiger charge is 2.30. The van der Waals surface area contributed by atoms with Crippen molar-refractivity contribution >= 4 is 11.6 Å². The number of aliphatic hydroxyl groups is 1. The van der Waals surface area contributed by atoms with Crippen LogP contribution >= 0.6 is 11.6 Å². The van der Waals surface area contributed by atoms with E-state index in [0.717, 1.165) is 5.56 Å². The SMILES string of the molecule is CCC(O)(CNC1CC1)c1ccc(Cl)cc1. The molecule has 2 rings (SSSR count). The number of halogens is 1. The summed E-state index contributed by atoms with van der Waals surface area (Å²) in [5.41, 5.74) is 0.167. The van der Waals surface area contributed by atoms with Crippen LogP contribution in [0.1, 0.15) is 31.7 Å². The van der Waals surface area contributed by atoms with Gasteiger partial charge in [0, 0.05) is 17.6 Å². The summed E-state index contributed by atoms with van der Waals surface area (Å²) in [6, 6.07) is 8.08. The van der Waals surface area contributed by atoms with Crippen molar-refractivity contribution in [2.24, 2.45) is 0 Å². The Balaban J connectivity index is 2.08. The van der Waals surface area contributed by atoms with Crippen molar-refractivity contribution in [3.8, 4) is 0 Å². The van der Waals surface area contributed by atoms with Crippen LogP contribution in [0.3, 0.4) is 0 Å². The van der Waals surface area contributed by atoms with E-state index in [-0.39, 0.29) is 0 Å². The second-order valence-corrected chi connectivity index (χ2v) is 4.98. The van der Waals surface area contributed by atoms with E-state index in [1.807, 2.05) is 31.2 Å².